The maximum atomic E-state index is 5.32. The summed E-state index contributed by atoms with van der Waals surface area (Å²) < 4.78 is 0. The molecule has 88 valence electrons. The van der Waals surface area contributed by atoms with Gasteiger partial charge < -0.3 is 16.4 Å². The van der Waals surface area contributed by atoms with E-state index < -0.39 is 0 Å². The number of guanidine groups is 2. The number of hydrogen-bond donors (Lipinski definition) is 2. The monoisotopic (exact) mass is 221 g/mol. The van der Waals surface area contributed by atoms with Crippen LogP contribution in [-0.2, 0) is 0 Å². The fourth-order valence-electron chi connectivity index (χ4n) is 1.51. The summed E-state index contributed by atoms with van der Waals surface area (Å²) in [6, 6.07) is 0. The topological polar surface area (TPSA) is 80.0 Å². The highest BCUT2D eigenvalue weighted by atomic mass is 15.3. The minimum Gasteiger partial charge on any atom is -0.370 e. The smallest absolute Gasteiger partial charge is 0.223 e. The van der Waals surface area contributed by atoms with E-state index >= 15 is 0 Å². The Morgan fingerprint density at radius 1 is 1.50 bits per heavy atom. The molecule has 0 spiro atoms. The molecule has 0 aromatic heterocycles. The molecule has 0 aromatic carbocycles. The number of aliphatic imine (C=N–C) groups is 2. The normalized spacial score (nSPS) is 14.9. The lowest BCUT2D eigenvalue weighted by molar-refractivity contribution is 0.503. The minimum atomic E-state index is 0.0347. The molecule has 0 aliphatic heterocycles. The van der Waals surface area contributed by atoms with Gasteiger partial charge in [0.05, 0.1) is 0 Å². The summed E-state index contributed by atoms with van der Waals surface area (Å²) >= 11 is 0. The molecule has 0 unspecified atom stereocenters. The van der Waals surface area contributed by atoms with E-state index in [1.807, 2.05) is 11.9 Å². The average Bonchev–Trinajstić information content (AvgIpc) is 2.75. The van der Waals surface area contributed by atoms with Crippen LogP contribution >= 0.6 is 0 Å². The van der Waals surface area contributed by atoms with Crippen LogP contribution in [0.25, 0.3) is 0 Å². The van der Waals surface area contributed by atoms with Crippen LogP contribution in [0.15, 0.2) is 33.8 Å². The van der Waals surface area contributed by atoms with Crippen molar-refractivity contribution in [2.24, 2.45) is 21.5 Å². The van der Waals surface area contributed by atoms with Crippen LogP contribution in [0.3, 0.4) is 0 Å². The van der Waals surface area contributed by atoms with E-state index in [-0.39, 0.29) is 5.96 Å². The van der Waals surface area contributed by atoms with Crippen molar-refractivity contribution in [2.75, 3.05) is 20.6 Å². The van der Waals surface area contributed by atoms with Crippen LogP contribution in [-0.4, -0.2) is 37.5 Å². The zero-order valence-corrected chi connectivity index (χ0v) is 9.85. The summed E-state index contributed by atoms with van der Waals surface area (Å²) in [5, 5.41) is 0. The number of allylic oxidation sites excluding steroid dienone is 3. The standard InChI is InChI=1S/C11H19N5/c1-14-11(15-10(12)13)16(2)8-7-9-5-3-4-6-9/h3,5-6H,4,7-8H2,1-2H3,(H4,12,13,14,15). The van der Waals surface area contributed by atoms with E-state index in [9.17, 15) is 0 Å². The van der Waals surface area contributed by atoms with Crippen LogP contribution in [0.1, 0.15) is 12.8 Å². The second-order valence-corrected chi connectivity index (χ2v) is 3.65. The summed E-state index contributed by atoms with van der Waals surface area (Å²) in [6.45, 7) is 0.847. The summed E-state index contributed by atoms with van der Waals surface area (Å²) in [7, 11) is 3.60. The quantitative estimate of drug-likeness (QED) is 0.536. The third-order valence-electron chi connectivity index (χ3n) is 2.35. The summed E-state index contributed by atoms with van der Waals surface area (Å²) in [5.74, 6) is 0.593. The fourth-order valence-corrected chi connectivity index (χ4v) is 1.51. The fraction of sp³-hybridized carbons (Fsp3) is 0.455. The molecule has 0 atom stereocenters. The van der Waals surface area contributed by atoms with Gasteiger partial charge in [-0.05, 0) is 12.8 Å². The first-order valence-corrected chi connectivity index (χ1v) is 5.26. The molecule has 1 aliphatic carbocycles. The van der Waals surface area contributed by atoms with Crippen molar-refractivity contribution >= 4 is 11.9 Å². The van der Waals surface area contributed by atoms with Crippen molar-refractivity contribution in [1.82, 2.24) is 4.90 Å². The van der Waals surface area contributed by atoms with E-state index in [1.54, 1.807) is 7.05 Å². The van der Waals surface area contributed by atoms with Gasteiger partial charge in [-0.2, -0.15) is 4.99 Å². The van der Waals surface area contributed by atoms with Crippen molar-refractivity contribution < 1.29 is 0 Å². The maximum Gasteiger partial charge on any atom is 0.223 e. The molecule has 1 rings (SSSR count). The first-order valence-electron chi connectivity index (χ1n) is 5.26. The van der Waals surface area contributed by atoms with Crippen LogP contribution in [0.2, 0.25) is 0 Å². The molecule has 0 fully saturated rings. The number of nitrogens with two attached hydrogens (primary N) is 2. The van der Waals surface area contributed by atoms with Crippen molar-refractivity contribution in [3.05, 3.63) is 23.8 Å². The average molecular weight is 221 g/mol. The van der Waals surface area contributed by atoms with E-state index in [1.165, 1.54) is 5.57 Å². The van der Waals surface area contributed by atoms with Gasteiger partial charge in [0.15, 0.2) is 5.96 Å². The lowest BCUT2D eigenvalue weighted by atomic mass is 10.2. The summed E-state index contributed by atoms with van der Waals surface area (Å²) in [5.41, 5.74) is 12.0. The molecule has 0 saturated carbocycles. The van der Waals surface area contributed by atoms with Gasteiger partial charge in [0, 0.05) is 20.6 Å². The number of nitrogens with zero attached hydrogens (tertiary/aromatic N) is 3. The molecule has 5 heteroatoms. The van der Waals surface area contributed by atoms with Crippen molar-refractivity contribution in [3.8, 4) is 0 Å². The number of hydrogen-bond acceptors (Lipinski definition) is 1. The van der Waals surface area contributed by atoms with Crippen molar-refractivity contribution in [1.29, 1.82) is 0 Å². The maximum absolute atomic E-state index is 5.32. The third-order valence-corrected chi connectivity index (χ3v) is 2.35. The molecule has 0 amide bonds. The molecule has 5 nitrogen and oxygen atoms in total. The molecule has 1 aliphatic rings. The van der Waals surface area contributed by atoms with E-state index in [2.05, 4.69) is 28.2 Å². The van der Waals surface area contributed by atoms with Gasteiger partial charge in [0.2, 0.25) is 5.96 Å². The summed E-state index contributed by atoms with van der Waals surface area (Å²) in [4.78, 5) is 9.92. The van der Waals surface area contributed by atoms with E-state index in [4.69, 9.17) is 11.5 Å². The Balaban J connectivity index is 2.47. The van der Waals surface area contributed by atoms with Gasteiger partial charge in [0.25, 0.3) is 0 Å². The molecular formula is C11H19N5. The molecular weight excluding hydrogens is 202 g/mol. The van der Waals surface area contributed by atoms with Crippen LogP contribution in [0.4, 0.5) is 0 Å². The first-order chi connectivity index (χ1) is 7.63. The molecule has 0 bridgehead atoms. The summed E-state index contributed by atoms with van der Waals surface area (Å²) in [6.07, 6.45) is 8.54. The first kappa shape index (κ1) is 12.3. The van der Waals surface area contributed by atoms with E-state index in [0.717, 1.165) is 19.4 Å². The second-order valence-electron chi connectivity index (χ2n) is 3.65. The van der Waals surface area contributed by atoms with Gasteiger partial charge in [-0.3, -0.25) is 4.99 Å². The Bertz CT molecular complexity index is 347. The van der Waals surface area contributed by atoms with Crippen LogP contribution in [0, 0.1) is 0 Å². The number of rotatable bonds is 3. The Hall–Kier alpha value is -1.78. The van der Waals surface area contributed by atoms with Crippen molar-refractivity contribution in [2.45, 2.75) is 12.8 Å². The predicted octanol–water partition coefficient (Wildman–Crippen LogP) is 0.454. The molecule has 0 saturated heterocycles. The van der Waals surface area contributed by atoms with Crippen molar-refractivity contribution in [3.63, 3.8) is 0 Å². The van der Waals surface area contributed by atoms with Crippen LogP contribution < -0.4 is 11.5 Å². The highest BCUT2D eigenvalue weighted by molar-refractivity contribution is 5.93. The Labute approximate surface area is 96.2 Å². The van der Waals surface area contributed by atoms with Crippen LogP contribution in [0.5, 0.6) is 0 Å². The minimum absolute atomic E-state index is 0.0347. The molecule has 4 N–H and O–H groups in total. The second kappa shape index (κ2) is 5.95. The predicted molar refractivity (Wildman–Crippen MR) is 68.3 cm³/mol. The largest absolute Gasteiger partial charge is 0.370 e. The third kappa shape index (κ3) is 3.76. The Kier molecular flexibility index (Phi) is 4.57. The Morgan fingerprint density at radius 3 is 2.75 bits per heavy atom. The van der Waals surface area contributed by atoms with Gasteiger partial charge in [-0.1, -0.05) is 23.8 Å². The van der Waals surface area contributed by atoms with Gasteiger partial charge >= 0.3 is 0 Å². The van der Waals surface area contributed by atoms with Gasteiger partial charge in [-0.25, -0.2) is 0 Å². The zero-order chi connectivity index (χ0) is 12.0. The van der Waals surface area contributed by atoms with E-state index in [0.29, 0.717) is 5.96 Å². The highest BCUT2D eigenvalue weighted by Crippen LogP contribution is 2.12. The zero-order valence-electron chi connectivity index (χ0n) is 9.85. The molecule has 0 heterocycles. The lowest BCUT2D eigenvalue weighted by Gasteiger charge is -2.17. The van der Waals surface area contributed by atoms with Gasteiger partial charge in [0.1, 0.15) is 0 Å². The SMILES string of the molecule is CN=C(N=C(N)N)N(C)CCC1=CCC=C1. The van der Waals surface area contributed by atoms with Gasteiger partial charge in [-0.15, -0.1) is 0 Å². The molecule has 16 heavy (non-hydrogen) atoms. The Morgan fingerprint density at radius 2 is 2.25 bits per heavy atom. The highest BCUT2D eigenvalue weighted by Gasteiger charge is 2.06. The lowest BCUT2D eigenvalue weighted by Crippen LogP contribution is -2.31. The molecule has 0 radical (unpaired) electrons. The molecule has 0 aromatic rings.